The molecular formula is C19H32N2. The van der Waals surface area contributed by atoms with Crippen molar-refractivity contribution >= 4 is 0 Å². The van der Waals surface area contributed by atoms with Crippen LogP contribution in [0.2, 0.25) is 0 Å². The number of nitrogens with one attached hydrogen (secondary N) is 1. The van der Waals surface area contributed by atoms with Gasteiger partial charge in [-0.3, -0.25) is 4.90 Å². The van der Waals surface area contributed by atoms with E-state index < -0.39 is 0 Å². The third kappa shape index (κ3) is 4.55. The lowest BCUT2D eigenvalue weighted by molar-refractivity contribution is 0.157. The fourth-order valence-corrected chi connectivity index (χ4v) is 3.48. The van der Waals surface area contributed by atoms with Crippen LogP contribution in [0.25, 0.3) is 0 Å². The van der Waals surface area contributed by atoms with E-state index >= 15 is 0 Å². The van der Waals surface area contributed by atoms with Gasteiger partial charge in [0, 0.05) is 25.7 Å². The van der Waals surface area contributed by atoms with Crippen molar-refractivity contribution in [3.8, 4) is 0 Å². The van der Waals surface area contributed by atoms with Gasteiger partial charge in [-0.05, 0) is 48.4 Å². The Bertz CT molecular complexity index is 435. The van der Waals surface area contributed by atoms with E-state index in [2.05, 4.69) is 56.1 Å². The predicted octanol–water partition coefficient (Wildman–Crippen LogP) is 3.98. The van der Waals surface area contributed by atoms with E-state index in [1.165, 1.54) is 42.5 Å². The van der Waals surface area contributed by atoms with Crippen molar-refractivity contribution < 1.29 is 0 Å². The summed E-state index contributed by atoms with van der Waals surface area (Å²) in [5.74, 6) is 0.727. The van der Waals surface area contributed by atoms with E-state index in [1.54, 1.807) is 0 Å². The van der Waals surface area contributed by atoms with Gasteiger partial charge in [-0.15, -0.1) is 0 Å². The quantitative estimate of drug-likeness (QED) is 0.816. The maximum absolute atomic E-state index is 3.49. The van der Waals surface area contributed by atoms with Crippen molar-refractivity contribution in [3.63, 3.8) is 0 Å². The van der Waals surface area contributed by atoms with E-state index in [1.807, 2.05) is 0 Å². The minimum atomic E-state index is 0.710. The molecule has 0 bridgehead atoms. The minimum Gasteiger partial charge on any atom is -0.312 e. The number of nitrogens with zero attached hydrogens (tertiary/aromatic N) is 1. The molecule has 0 amide bonds. The molecule has 1 aliphatic rings. The largest absolute Gasteiger partial charge is 0.312 e. The van der Waals surface area contributed by atoms with Gasteiger partial charge in [-0.1, -0.05) is 45.9 Å². The molecule has 0 spiro atoms. The summed E-state index contributed by atoms with van der Waals surface area (Å²) in [4.78, 5) is 2.68. The Labute approximate surface area is 130 Å². The van der Waals surface area contributed by atoms with E-state index in [9.17, 15) is 0 Å². The van der Waals surface area contributed by atoms with Gasteiger partial charge in [0.05, 0.1) is 0 Å². The van der Waals surface area contributed by atoms with Crippen molar-refractivity contribution in [3.05, 3.63) is 34.9 Å². The molecule has 0 aromatic heterocycles. The molecule has 1 N–H and O–H groups in total. The zero-order valence-electron chi connectivity index (χ0n) is 14.3. The Morgan fingerprint density at radius 3 is 2.57 bits per heavy atom. The van der Waals surface area contributed by atoms with Crippen molar-refractivity contribution in [2.45, 2.75) is 66.1 Å². The Hall–Kier alpha value is -0.860. The molecule has 0 aliphatic carbocycles. The maximum Gasteiger partial charge on any atom is 0.0236 e. The van der Waals surface area contributed by atoms with Crippen LogP contribution in [0.4, 0.5) is 0 Å². The molecule has 0 saturated heterocycles. The minimum absolute atomic E-state index is 0.710. The summed E-state index contributed by atoms with van der Waals surface area (Å²) in [6.07, 6.45) is 3.67. The highest BCUT2D eigenvalue weighted by Gasteiger charge is 2.17. The van der Waals surface area contributed by atoms with Gasteiger partial charge < -0.3 is 5.32 Å². The van der Waals surface area contributed by atoms with E-state index in [4.69, 9.17) is 0 Å². The average molecular weight is 288 g/mol. The Morgan fingerprint density at radius 1 is 1.14 bits per heavy atom. The maximum atomic E-state index is 3.49. The van der Waals surface area contributed by atoms with Crippen LogP contribution in [-0.4, -0.2) is 24.0 Å². The lowest BCUT2D eigenvalue weighted by Crippen LogP contribution is -2.36. The first-order chi connectivity index (χ1) is 10.1. The molecule has 0 fully saturated rings. The summed E-state index contributed by atoms with van der Waals surface area (Å²) in [5, 5.41) is 3.49. The highest BCUT2D eigenvalue weighted by atomic mass is 15.2. The van der Waals surface area contributed by atoms with Gasteiger partial charge >= 0.3 is 0 Å². The summed E-state index contributed by atoms with van der Waals surface area (Å²) in [6.45, 7) is 13.7. The lowest BCUT2D eigenvalue weighted by atomic mass is 9.97. The molecule has 0 radical (unpaired) electrons. The molecule has 1 aliphatic heterocycles. The topological polar surface area (TPSA) is 15.3 Å². The average Bonchev–Trinajstić information content (AvgIpc) is 2.47. The Kier molecular flexibility index (Phi) is 6.25. The van der Waals surface area contributed by atoms with Gasteiger partial charge in [0.1, 0.15) is 0 Å². The Balaban J connectivity index is 2.11. The molecule has 118 valence electrons. The highest BCUT2D eigenvalue weighted by Crippen LogP contribution is 2.20. The monoisotopic (exact) mass is 288 g/mol. The van der Waals surface area contributed by atoms with Crippen molar-refractivity contribution in [2.75, 3.05) is 13.1 Å². The molecule has 1 heterocycles. The number of rotatable bonds is 7. The van der Waals surface area contributed by atoms with Crippen LogP contribution in [0.3, 0.4) is 0 Å². The van der Waals surface area contributed by atoms with Crippen LogP contribution in [0.5, 0.6) is 0 Å². The van der Waals surface area contributed by atoms with Crippen molar-refractivity contribution in [1.29, 1.82) is 0 Å². The number of hydrogen-bond donors (Lipinski definition) is 1. The van der Waals surface area contributed by atoms with Gasteiger partial charge in [-0.2, -0.15) is 0 Å². The van der Waals surface area contributed by atoms with Crippen LogP contribution in [0, 0.1) is 5.92 Å². The summed E-state index contributed by atoms with van der Waals surface area (Å²) in [5.41, 5.74) is 4.52. The van der Waals surface area contributed by atoms with Crippen LogP contribution in [0.15, 0.2) is 18.2 Å². The summed E-state index contributed by atoms with van der Waals surface area (Å²) in [6, 6.07) is 7.84. The molecule has 21 heavy (non-hydrogen) atoms. The standard InChI is InChI=1S/C19H32N2/c1-5-19(6-2)21(13-15(3)4)14-16-7-8-17-9-10-20-12-18(17)11-16/h7-8,11,15,19-20H,5-6,9-10,12-14H2,1-4H3. The van der Waals surface area contributed by atoms with E-state index in [-0.39, 0.29) is 0 Å². The first kappa shape index (κ1) is 16.5. The molecule has 0 unspecified atom stereocenters. The summed E-state index contributed by atoms with van der Waals surface area (Å²) >= 11 is 0. The zero-order chi connectivity index (χ0) is 15.2. The Morgan fingerprint density at radius 2 is 1.90 bits per heavy atom. The van der Waals surface area contributed by atoms with Crippen molar-refractivity contribution in [2.24, 2.45) is 5.92 Å². The fraction of sp³-hybridized carbons (Fsp3) is 0.684. The van der Waals surface area contributed by atoms with Crippen LogP contribution < -0.4 is 5.32 Å². The lowest BCUT2D eigenvalue weighted by Gasteiger charge is -2.32. The number of fused-ring (bicyclic) bond motifs is 1. The van der Waals surface area contributed by atoms with Gasteiger partial charge in [0.15, 0.2) is 0 Å². The molecule has 2 nitrogen and oxygen atoms in total. The van der Waals surface area contributed by atoms with Crippen molar-refractivity contribution in [1.82, 2.24) is 10.2 Å². The second-order valence-electron chi connectivity index (χ2n) is 6.82. The number of benzene rings is 1. The van der Waals surface area contributed by atoms with Crippen LogP contribution in [0.1, 0.15) is 57.2 Å². The molecule has 1 aromatic rings. The van der Waals surface area contributed by atoms with Crippen LogP contribution >= 0.6 is 0 Å². The normalized spacial score (nSPS) is 15.0. The van der Waals surface area contributed by atoms with E-state index in [0.29, 0.717) is 6.04 Å². The van der Waals surface area contributed by atoms with Gasteiger partial charge in [0.2, 0.25) is 0 Å². The zero-order valence-corrected chi connectivity index (χ0v) is 14.3. The number of hydrogen-bond acceptors (Lipinski definition) is 2. The SMILES string of the molecule is CCC(CC)N(Cc1ccc2c(c1)CNCC2)CC(C)C. The molecule has 2 heteroatoms. The first-order valence-corrected chi connectivity index (χ1v) is 8.69. The molecule has 0 atom stereocenters. The first-order valence-electron chi connectivity index (χ1n) is 8.69. The summed E-state index contributed by atoms with van der Waals surface area (Å²) in [7, 11) is 0. The van der Waals surface area contributed by atoms with Gasteiger partial charge in [-0.25, -0.2) is 0 Å². The summed E-state index contributed by atoms with van der Waals surface area (Å²) < 4.78 is 0. The molecule has 0 saturated carbocycles. The molecule has 1 aromatic carbocycles. The van der Waals surface area contributed by atoms with Gasteiger partial charge in [0.25, 0.3) is 0 Å². The second-order valence-corrected chi connectivity index (χ2v) is 6.82. The molecular weight excluding hydrogens is 256 g/mol. The van der Waals surface area contributed by atoms with Crippen LogP contribution in [-0.2, 0) is 19.5 Å². The predicted molar refractivity (Wildman–Crippen MR) is 91.5 cm³/mol. The smallest absolute Gasteiger partial charge is 0.0236 e. The third-order valence-corrected chi connectivity index (χ3v) is 4.60. The third-order valence-electron chi connectivity index (χ3n) is 4.60. The molecule has 2 rings (SSSR count). The fourth-order valence-electron chi connectivity index (χ4n) is 3.48. The van der Waals surface area contributed by atoms with E-state index in [0.717, 1.165) is 25.6 Å². The second kappa shape index (κ2) is 7.95. The highest BCUT2D eigenvalue weighted by molar-refractivity contribution is 5.33.